The number of nitrogens with zero attached hydrogens (tertiary/aromatic N) is 9. The number of rotatable bonds is 11. The number of hydrogen-bond acceptors (Lipinski definition) is 14. The van der Waals surface area contributed by atoms with Crippen molar-refractivity contribution in [2.24, 2.45) is 5.92 Å². The van der Waals surface area contributed by atoms with Crippen LogP contribution in [0, 0.1) is 23.1 Å². The average Bonchev–Trinajstić information content (AvgIpc) is 4.06. The monoisotopic (exact) mass is 947 g/mol. The number of ether oxygens (including phenoxy) is 1. The molecule has 22 heteroatoms. The van der Waals surface area contributed by atoms with Gasteiger partial charge in [0.2, 0.25) is 17.8 Å². The van der Waals surface area contributed by atoms with Gasteiger partial charge in [-0.15, -0.1) is 0 Å². The molecule has 0 spiro atoms. The molecule has 5 aliphatic heterocycles. The minimum atomic E-state index is -4.26. The van der Waals surface area contributed by atoms with Crippen molar-refractivity contribution in [2.75, 3.05) is 47.2 Å². The lowest BCUT2D eigenvalue weighted by molar-refractivity contribution is -0.136. The zero-order valence-corrected chi connectivity index (χ0v) is 37.1. The Labute approximate surface area is 387 Å². The smallest absolute Gasteiger partial charge is 0.301 e. The fourth-order valence-corrected chi connectivity index (χ4v) is 11.1. The molecule has 2 N–H and O–H groups in total. The quantitative estimate of drug-likeness (QED) is 0.175. The van der Waals surface area contributed by atoms with E-state index in [1.807, 2.05) is 6.07 Å². The minimum absolute atomic E-state index is 0.0286. The Bertz CT molecular complexity index is 3120. The lowest BCUT2D eigenvalue weighted by atomic mass is 9.89. The van der Waals surface area contributed by atoms with E-state index in [9.17, 15) is 42.0 Å². The number of alkyl halides is 1. The average molecular weight is 948 g/mol. The van der Waals surface area contributed by atoms with Crippen LogP contribution in [0.1, 0.15) is 77.6 Å². The van der Waals surface area contributed by atoms with Gasteiger partial charge in [-0.05, 0) is 99.4 Å². The summed E-state index contributed by atoms with van der Waals surface area (Å²) in [4.78, 5) is 83.8. The van der Waals surface area contributed by atoms with Gasteiger partial charge in [0.15, 0.2) is 11.6 Å². The molecule has 3 atom stereocenters. The van der Waals surface area contributed by atoms with E-state index in [1.165, 1.54) is 41.5 Å². The normalized spacial score (nSPS) is 21.4. The molecule has 0 saturated carbocycles. The molecule has 2 aromatic heterocycles. The van der Waals surface area contributed by atoms with Gasteiger partial charge in [0.05, 0.1) is 45.8 Å². The molecule has 350 valence electrons. The third-order valence-corrected chi connectivity index (χ3v) is 14.9. The number of benzene rings is 3. The molecule has 0 bridgehead atoms. The molecule has 4 fully saturated rings. The summed E-state index contributed by atoms with van der Waals surface area (Å²) in [6.45, 7) is 1.83. The number of carbonyl (C=O) groups excluding carboxylic acids is 4. The highest BCUT2D eigenvalue weighted by molar-refractivity contribution is 7.90. The summed E-state index contributed by atoms with van der Waals surface area (Å²) in [7, 11) is -4.26. The number of imide groups is 2. The molecule has 68 heavy (non-hydrogen) atoms. The maximum atomic E-state index is 15.2. The summed E-state index contributed by atoms with van der Waals surface area (Å²) in [5, 5.41) is 12.3. The Morgan fingerprint density at radius 2 is 1.65 bits per heavy atom. The van der Waals surface area contributed by atoms with Crippen molar-refractivity contribution in [2.45, 2.75) is 69.6 Å². The van der Waals surface area contributed by atoms with E-state index in [4.69, 9.17) is 4.74 Å². The largest absolute Gasteiger partial charge is 0.453 e. The van der Waals surface area contributed by atoms with Crippen LogP contribution in [-0.4, -0.2) is 112 Å². The number of aromatic nitrogens is 4. The SMILES string of the molecule is N#Cc1c(NS(=O)(=O)N2CC[C@@H](F)C2)ccc(F)c1Oc1ccc2ncn(-c3cnc(N4CCC(CC5CCCN5c5ccc6c(c5)C(=O)N(C5CCC(=O)NC5=O)C6=O)CC4)nc3)c(=O)c2c1. The molecular weight excluding hydrogens is 905 g/mol. The van der Waals surface area contributed by atoms with E-state index >= 15 is 4.39 Å². The van der Waals surface area contributed by atoms with Crippen LogP contribution in [-0.2, 0) is 19.8 Å². The van der Waals surface area contributed by atoms with Crippen LogP contribution in [0.4, 0.5) is 26.1 Å². The second-order valence-corrected chi connectivity index (χ2v) is 19.2. The number of carbonyl (C=O) groups is 4. The summed E-state index contributed by atoms with van der Waals surface area (Å²) in [6.07, 6.45) is 7.94. The Balaban J connectivity index is 0.780. The zero-order valence-electron chi connectivity index (χ0n) is 36.3. The maximum Gasteiger partial charge on any atom is 0.301 e. The predicted octanol–water partition coefficient (Wildman–Crippen LogP) is 4.36. The third kappa shape index (κ3) is 8.25. The number of piperidine rings is 2. The number of nitriles is 1. The molecule has 10 rings (SSSR count). The van der Waals surface area contributed by atoms with Gasteiger partial charge >= 0.3 is 10.2 Å². The van der Waals surface area contributed by atoms with Crippen molar-refractivity contribution in [1.29, 1.82) is 5.26 Å². The van der Waals surface area contributed by atoms with Crippen molar-refractivity contribution in [3.05, 3.63) is 100 Å². The first-order valence-electron chi connectivity index (χ1n) is 22.3. The van der Waals surface area contributed by atoms with Gasteiger partial charge in [0.25, 0.3) is 17.4 Å². The van der Waals surface area contributed by atoms with Crippen LogP contribution in [0.5, 0.6) is 11.5 Å². The van der Waals surface area contributed by atoms with Crippen LogP contribution in [0.3, 0.4) is 0 Å². The Kier molecular flexibility index (Phi) is 11.6. The van der Waals surface area contributed by atoms with Crippen LogP contribution in [0.25, 0.3) is 16.6 Å². The van der Waals surface area contributed by atoms with Crippen molar-refractivity contribution in [1.82, 2.24) is 34.0 Å². The topological polar surface area (TPSA) is 233 Å². The molecule has 19 nitrogen and oxygen atoms in total. The summed E-state index contributed by atoms with van der Waals surface area (Å²) < 4.78 is 65.0. The van der Waals surface area contributed by atoms with Gasteiger partial charge in [-0.3, -0.25) is 43.5 Å². The first-order valence-corrected chi connectivity index (χ1v) is 23.7. The third-order valence-electron chi connectivity index (χ3n) is 13.4. The molecule has 4 amide bonds. The lowest BCUT2D eigenvalue weighted by Gasteiger charge is -2.35. The molecule has 5 aromatic rings. The van der Waals surface area contributed by atoms with E-state index in [1.54, 1.807) is 18.2 Å². The van der Waals surface area contributed by atoms with E-state index in [0.717, 1.165) is 65.7 Å². The van der Waals surface area contributed by atoms with Gasteiger partial charge < -0.3 is 14.5 Å². The zero-order chi connectivity index (χ0) is 47.4. The molecule has 0 aliphatic carbocycles. The summed E-state index contributed by atoms with van der Waals surface area (Å²) >= 11 is 0. The van der Waals surface area contributed by atoms with Gasteiger partial charge in [-0.1, -0.05) is 0 Å². The standard InChI is InChI=1S/C46H43F2N11O8S/c47-27-13-17-56(24-27)68(65,66)54-38-8-6-36(48)41(35(38)21-49)67-31-4-7-37-34(20-31)43(62)58(25-52-37)30-22-50-46(51-23-30)55-15-11-26(12-16-55)18-28-2-1-14-57(28)29-3-5-32-33(19-29)45(64)59(44(32)63)39-9-10-40(60)53-42(39)61/h3-8,19-20,22-23,25-28,39,54H,1-2,9-18,24H2,(H,53,60,61)/t27-,28?,39?/m1/s1. The first-order chi connectivity index (χ1) is 32.8. The molecule has 3 aromatic carbocycles. The van der Waals surface area contributed by atoms with Crippen molar-refractivity contribution in [3.63, 3.8) is 0 Å². The van der Waals surface area contributed by atoms with Crippen LogP contribution in [0.15, 0.2) is 72.0 Å². The number of fused-ring (bicyclic) bond motifs is 2. The van der Waals surface area contributed by atoms with Gasteiger partial charge in [0.1, 0.15) is 35.9 Å². The second kappa shape index (κ2) is 17.7. The number of hydrogen-bond donors (Lipinski definition) is 2. The van der Waals surface area contributed by atoms with Gasteiger partial charge in [0, 0.05) is 50.9 Å². The van der Waals surface area contributed by atoms with Crippen molar-refractivity contribution >= 4 is 62.1 Å². The summed E-state index contributed by atoms with van der Waals surface area (Å²) in [5.74, 6) is -2.77. The van der Waals surface area contributed by atoms with E-state index in [0.29, 0.717) is 36.2 Å². The lowest BCUT2D eigenvalue weighted by Crippen LogP contribution is -2.54. The molecule has 4 saturated heterocycles. The van der Waals surface area contributed by atoms with Gasteiger partial charge in [-0.2, -0.15) is 18.0 Å². The van der Waals surface area contributed by atoms with Gasteiger partial charge in [-0.25, -0.2) is 23.7 Å². The fourth-order valence-electron chi connectivity index (χ4n) is 9.84. The highest BCUT2D eigenvalue weighted by Gasteiger charge is 2.45. The maximum absolute atomic E-state index is 15.2. The number of nitrogens with one attached hydrogen (secondary N) is 2. The Hall–Kier alpha value is -7.38. The van der Waals surface area contributed by atoms with Crippen LogP contribution in [0.2, 0.25) is 0 Å². The van der Waals surface area contributed by atoms with Crippen molar-refractivity contribution < 1.29 is 41.1 Å². The molecule has 0 radical (unpaired) electrons. The predicted molar refractivity (Wildman–Crippen MR) is 241 cm³/mol. The number of amides is 4. The highest BCUT2D eigenvalue weighted by Crippen LogP contribution is 2.38. The Morgan fingerprint density at radius 3 is 2.38 bits per heavy atom. The fraction of sp³-hybridized carbons (Fsp3) is 0.370. The molecule has 5 aliphatic rings. The number of halogens is 2. The summed E-state index contributed by atoms with van der Waals surface area (Å²) in [6, 6.07) is 12.5. The van der Waals surface area contributed by atoms with Crippen molar-refractivity contribution in [3.8, 4) is 23.3 Å². The highest BCUT2D eigenvalue weighted by atomic mass is 32.2. The van der Waals surface area contributed by atoms with E-state index in [2.05, 4.69) is 34.8 Å². The van der Waals surface area contributed by atoms with E-state index < -0.39 is 68.7 Å². The first kappa shape index (κ1) is 44.5. The summed E-state index contributed by atoms with van der Waals surface area (Å²) in [5.41, 5.74) is 0.786. The van der Waals surface area contributed by atoms with E-state index in [-0.39, 0.29) is 66.3 Å². The molecule has 7 heterocycles. The second-order valence-electron chi connectivity index (χ2n) is 17.5. The molecular formula is C46H43F2N11O8S. The minimum Gasteiger partial charge on any atom is -0.453 e. The number of anilines is 3. The Morgan fingerprint density at radius 1 is 0.868 bits per heavy atom. The van der Waals surface area contributed by atoms with Crippen LogP contribution < -0.4 is 30.1 Å². The van der Waals surface area contributed by atoms with Crippen LogP contribution >= 0.6 is 0 Å². The molecule has 2 unspecified atom stereocenters.